The van der Waals surface area contributed by atoms with Gasteiger partial charge in [0.1, 0.15) is 57.9 Å². The molecule has 30 nitrogen and oxygen atoms in total. The molecule has 1 saturated heterocycles. The van der Waals surface area contributed by atoms with Crippen molar-refractivity contribution in [3.05, 3.63) is 65.7 Å². The normalized spacial score (nSPS) is 22.8. The Bertz CT molecular complexity index is 3530. The van der Waals surface area contributed by atoms with Crippen LogP contribution in [-0.2, 0) is 87.6 Å². The van der Waals surface area contributed by atoms with Crippen molar-refractivity contribution in [2.75, 3.05) is 47.0 Å². The fourth-order valence-electron chi connectivity index (χ4n) is 14.1. The molecule has 0 aromatic heterocycles. The maximum absolute atomic E-state index is 14.9. The first-order valence-corrected chi connectivity index (χ1v) is 39.8. The molecule has 4 bridgehead atoms. The molecule has 3 saturated carbocycles. The number of ether oxygens (including phenoxy) is 7. The van der Waals surface area contributed by atoms with Crippen molar-refractivity contribution in [1.82, 2.24) is 41.7 Å². The van der Waals surface area contributed by atoms with E-state index in [2.05, 4.69) is 31.9 Å². The smallest absolute Gasteiger partial charge is 0.408 e. The van der Waals surface area contributed by atoms with E-state index in [1.54, 1.807) is 138 Å². The number of nitrogens with zero attached hydrogens (tertiary/aromatic N) is 2. The molecular weight excluding hydrogens is 1460 g/mol. The van der Waals surface area contributed by atoms with Crippen molar-refractivity contribution in [1.29, 1.82) is 0 Å². The van der Waals surface area contributed by atoms with Gasteiger partial charge in [-0.05, 0) is 228 Å². The van der Waals surface area contributed by atoms with E-state index in [0.717, 1.165) is 12.8 Å². The summed E-state index contributed by atoms with van der Waals surface area (Å²) in [7, 11) is 3.10. The summed E-state index contributed by atoms with van der Waals surface area (Å²) in [6.07, 6.45) is 6.13. The van der Waals surface area contributed by atoms with E-state index in [-0.39, 0.29) is 98.5 Å². The van der Waals surface area contributed by atoms with Gasteiger partial charge in [-0.2, -0.15) is 0 Å². The SMILES string of the molecule is CC(C)(C)OC(=O)N[C@H](C(=O)O)C1CCC(C(=O)OC(C)(C)C)CC1.CC(C)(C)OC(=O)N[C@H](CO)C1CCC(C(=O)OC(C)(C)C)CC1.CCCC(NC(=O)[C@@H]1C[C@@H]2CN1C(=O)C(C1CCC(C(=O)OC(C)(C)C)CC1)NC(=O)Cc1cccc(c1)OCCCO2)C(=O)C(=O)NCC(=O)N[C@H](C(=O)N(C)C)c1ccccc1. The number of nitrogens with one attached hydrogen (secondary N) is 6. The standard InChI is InChI=1S/C47H64N6O11.C18H31NO6.C18H33NO5/c1-7-13-35(41(56)43(58)48-27-38(55)51-39(44(59)52(5)6)30-15-9-8-10-16-30)49-42(57)36-26-34-28-53(36)45(60)40(31-18-20-32(21-19-31)46(61)64-47(2,3)4)50-37(54)25-29-14-11-17-33(24-29)62-22-12-23-63-34;1-17(2,3)24-15(22)12-9-7-11(8-10-12)13(14(20)21)19-16(23)25-18(4,5)6;1-17(2,3)23-15(21)13-9-7-12(8-10-13)14(11-20)19-16(22)24-18(4,5)6/h8-11,14-17,24,31-32,34-36,39-40H,7,12-13,18-23,25-28H2,1-6H3,(H,48,58)(H,49,57)(H,50,54)(H,51,55);11-13H,7-10H2,1-6H3,(H,19,23)(H,20,21);12-14,20H,7-11H2,1-6H3,(H,19,22)/t31?,32?,34-,35?,36+,39+,40?;11?,12?,13-;12?,13?,14-/m101/s1. The fourth-order valence-corrected chi connectivity index (χ4v) is 14.1. The van der Waals surface area contributed by atoms with E-state index in [1.165, 1.54) is 9.80 Å². The van der Waals surface area contributed by atoms with Crippen LogP contribution < -0.4 is 36.6 Å². The number of rotatable bonds is 21. The molecular formula is C83H128N8O22. The van der Waals surface area contributed by atoms with Crippen molar-refractivity contribution in [2.24, 2.45) is 35.5 Å². The summed E-state index contributed by atoms with van der Waals surface area (Å²) in [5, 5.41) is 34.9. The number of benzene rings is 2. The second-order valence-corrected chi connectivity index (χ2v) is 35.2. The molecule has 2 aromatic rings. The number of aliphatic carboxylic acids is 1. The van der Waals surface area contributed by atoms with Gasteiger partial charge in [0.2, 0.25) is 35.3 Å². The number of hydrogen-bond donors (Lipinski definition) is 8. The van der Waals surface area contributed by atoms with Gasteiger partial charge in [0.15, 0.2) is 0 Å². The lowest BCUT2D eigenvalue weighted by molar-refractivity contribution is -0.162. The number of aliphatic hydroxyl groups is 1. The molecule has 7 atom stereocenters. The van der Waals surface area contributed by atoms with E-state index in [1.807, 2.05) is 41.5 Å². The summed E-state index contributed by atoms with van der Waals surface area (Å²) in [5.41, 5.74) is -1.71. The Morgan fingerprint density at radius 3 is 1.60 bits per heavy atom. The second kappa shape index (κ2) is 43.0. The predicted octanol–water partition coefficient (Wildman–Crippen LogP) is 8.68. The van der Waals surface area contributed by atoms with E-state index in [0.29, 0.717) is 101 Å². The molecule has 30 heteroatoms. The largest absolute Gasteiger partial charge is 0.493 e. The number of amides is 8. The third-order valence-electron chi connectivity index (χ3n) is 19.5. The average molecular weight is 1590 g/mol. The van der Waals surface area contributed by atoms with E-state index < -0.39 is 130 Å². The van der Waals surface area contributed by atoms with Gasteiger partial charge in [-0.1, -0.05) is 55.8 Å². The lowest BCUT2D eigenvalue weighted by atomic mass is 9.78. The van der Waals surface area contributed by atoms with Crippen molar-refractivity contribution >= 4 is 77.3 Å². The number of aliphatic hydroxyl groups excluding tert-OH is 1. The molecule has 2 aromatic carbocycles. The van der Waals surface area contributed by atoms with E-state index in [9.17, 15) is 72.5 Å². The molecule has 0 radical (unpaired) electrons. The minimum atomic E-state index is -1.29. The van der Waals surface area contributed by atoms with Gasteiger partial charge in [-0.3, -0.25) is 47.9 Å². The highest BCUT2D eigenvalue weighted by molar-refractivity contribution is 6.38. The van der Waals surface area contributed by atoms with Crippen LogP contribution in [0.15, 0.2) is 54.6 Å². The molecule has 8 N–H and O–H groups in total. The molecule has 2 unspecified atom stereocenters. The molecule has 2 aliphatic heterocycles. The Kier molecular flexibility index (Phi) is 36.0. The molecule has 2 heterocycles. The number of hydrogen-bond acceptors (Lipinski definition) is 21. The molecule has 5 aliphatic rings. The number of Topliss-reactive ketones (excluding diaryl/α,β-unsaturated/α-hetero) is 1. The monoisotopic (exact) mass is 1590 g/mol. The molecule has 113 heavy (non-hydrogen) atoms. The van der Waals surface area contributed by atoms with Gasteiger partial charge in [0.05, 0.1) is 68.7 Å². The van der Waals surface area contributed by atoms with Gasteiger partial charge >= 0.3 is 36.1 Å². The minimum Gasteiger partial charge on any atom is -0.493 e. The zero-order valence-electron chi connectivity index (χ0n) is 69.7. The van der Waals surface area contributed by atoms with Crippen LogP contribution in [0.4, 0.5) is 9.59 Å². The van der Waals surface area contributed by atoms with Crippen LogP contribution in [0.1, 0.15) is 231 Å². The van der Waals surface area contributed by atoms with Crippen molar-refractivity contribution in [3.8, 4) is 5.75 Å². The third-order valence-corrected chi connectivity index (χ3v) is 19.5. The second-order valence-electron chi connectivity index (χ2n) is 35.2. The maximum atomic E-state index is 14.9. The average Bonchev–Trinajstić information content (AvgIpc) is 1.69. The van der Waals surface area contributed by atoms with Crippen molar-refractivity contribution in [3.63, 3.8) is 0 Å². The number of likely N-dealkylation sites (N-methyl/N-ethyl adjacent to an activating group) is 1. The van der Waals surface area contributed by atoms with Gasteiger partial charge in [0.25, 0.3) is 5.91 Å². The van der Waals surface area contributed by atoms with E-state index >= 15 is 0 Å². The molecule has 8 amide bonds. The summed E-state index contributed by atoms with van der Waals surface area (Å²) in [4.78, 5) is 171. The lowest BCUT2D eigenvalue weighted by Gasteiger charge is -2.36. The molecule has 7 rings (SSSR count). The van der Waals surface area contributed by atoms with Crippen LogP contribution in [0.3, 0.4) is 0 Å². The number of carboxylic acids is 1. The van der Waals surface area contributed by atoms with Crippen molar-refractivity contribution < 1.29 is 106 Å². The van der Waals surface area contributed by atoms with Gasteiger partial charge in [-0.25, -0.2) is 14.4 Å². The zero-order valence-corrected chi connectivity index (χ0v) is 69.7. The van der Waals surface area contributed by atoms with Gasteiger partial charge < -0.3 is 85.1 Å². The number of carbonyl (C=O) groups excluding carboxylic acids is 12. The quantitative estimate of drug-likeness (QED) is 0.0329. The zero-order chi connectivity index (χ0) is 84.5. The topological polar surface area (TPSA) is 406 Å². The summed E-state index contributed by atoms with van der Waals surface area (Å²) in [6.45, 7) is 28.7. The Morgan fingerprint density at radius 1 is 0.611 bits per heavy atom. The van der Waals surface area contributed by atoms with Crippen LogP contribution in [0.5, 0.6) is 5.75 Å². The lowest BCUT2D eigenvalue weighted by Crippen LogP contribution is -2.58. The fraction of sp³-hybridized carbons (Fsp3) is 0.699. The summed E-state index contributed by atoms with van der Waals surface area (Å²) in [5.74, 6) is -7.12. The summed E-state index contributed by atoms with van der Waals surface area (Å²) < 4.78 is 39.0. The van der Waals surface area contributed by atoms with Crippen LogP contribution in [0, 0.1) is 35.5 Å². The summed E-state index contributed by atoms with van der Waals surface area (Å²) in [6, 6.07) is 9.89. The number of esters is 3. The van der Waals surface area contributed by atoms with Crippen LogP contribution in [0.25, 0.3) is 0 Å². The van der Waals surface area contributed by atoms with Crippen LogP contribution in [0.2, 0.25) is 0 Å². The minimum absolute atomic E-state index is 0.0265. The highest BCUT2D eigenvalue weighted by Gasteiger charge is 2.47. The Labute approximate surface area is 666 Å². The third kappa shape index (κ3) is 33.2. The maximum Gasteiger partial charge on any atom is 0.408 e. The first kappa shape index (κ1) is 94.7. The Morgan fingerprint density at radius 2 is 1.12 bits per heavy atom. The summed E-state index contributed by atoms with van der Waals surface area (Å²) >= 11 is 0. The van der Waals surface area contributed by atoms with Gasteiger partial charge in [0, 0.05) is 33.5 Å². The molecule has 4 fully saturated rings. The van der Waals surface area contributed by atoms with Crippen LogP contribution >= 0.6 is 0 Å². The van der Waals surface area contributed by atoms with E-state index in [4.69, 9.17) is 33.2 Å². The number of carbonyl (C=O) groups is 13. The van der Waals surface area contributed by atoms with Gasteiger partial charge in [-0.15, -0.1) is 0 Å². The first-order valence-electron chi connectivity index (χ1n) is 39.8. The number of fused-ring (bicyclic) bond motifs is 4. The number of carboxylic acid groups (broad SMARTS) is 1. The highest BCUT2D eigenvalue weighted by atomic mass is 16.6. The molecule has 0 spiro atoms. The number of alkyl carbamates (subject to hydrolysis) is 2. The highest BCUT2D eigenvalue weighted by Crippen LogP contribution is 2.37. The number of ketones is 1. The van der Waals surface area contributed by atoms with Crippen LogP contribution in [-0.4, -0.2) is 209 Å². The Hall–Kier alpha value is -8.93. The van der Waals surface area contributed by atoms with Crippen molar-refractivity contribution in [2.45, 2.75) is 290 Å². The molecule has 3 aliphatic carbocycles. The predicted molar refractivity (Wildman–Crippen MR) is 418 cm³/mol. The first-order chi connectivity index (χ1) is 52.6. The molecule has 632 valence electrons. The Balaban J connectivity index is 0.000000379.